The highest BCUT2D eigenvalue weighted by molar-refractivity contribution is 7.22. The first-order chi connectivity index (χ1) is 13.0. The number of nitrogens with zero attached hydrogens (tertiary/aromatic N) is 3. The van der Waals surface area contributed by atoms with E-state index in [0.29, 0.717) is 28.8 Å². The monoisotopic (exact) mass is 377 g/mol. The molecule has 0 bridgehead atoms. The molecule has 0 radical (unpaired) electrons. The van der Waals surface area contributed by atoms with Crippen LogP contribution in [0.25, 0.3) is 10.2 Å². The standard InChI is InChI=1S/C21H19N3O2S/c1-13-7-8-18-19(10-13)27-21(23-18)24(12-16-6-4-5-9-22-16)20(25)17-11-14(2)26-15(17)3/h4-11H,12H2,1-3H3. The van der Waals surface area contributed by atoms with E-state index in [9.17, 15) is 4.79 Å². The van der Waals surface area contributed by atoms with Crippen molar-refractivity contribution in [1.29, 1.82) is 0 Å². The van der Waals surface area contributed by atoms with Gasteiger partial charge in [0.05, 0.1) is 28.0 Å². The zero-order chi connectivity index (χ0) is 19.0. The zero-order valence-corrected chi connectivity index (χ0v) is 16.2. The summed E-state index contributed by atoms with van der Waals surface area (Å²) in [6.45, 7) is 6.05. The van der Waals surface area contributed by atoms with Gasteiger partial charge in [0.25, 0.3) is 5.91 Å². The second-order valence-corrected chi connectivity index (χ2v) is 7.52. The molecule has 3 heterocycles. The fourth-order valence-electron chi connectivity index (χ4n) is 3.00. The van der Waals surface area contributed by atoms with Gasteiger partial charge >= 0.3 is 0 Å². The fraction of sp³-hybridized carbons (Fsp3) is 0.190. The minimum absolute atomic E-state index is 0.134. The zero-order valence-electron chi connectivity index (χ0n) is 15.4. The Kier molecular flexibility index (Phi) is 4.49. The molecule has 0 atom stereocenters. The number of aryl methyl sites for hydroxylation is 3. The first-order valence-electron chi connectivity index (χ1n) is 8.67. The Morgan fingerprint density at radius 2 is 2.00 bits per heavy atom. The minimum Gasteiger partial charge on any atom is -0.466 e. The van der Waals surface area contributed by atoms with E-state index in [2.05, 4.69) is 11.1 Å². The molecule has 1 aromatic carbocycles. The second-order valence-electron chi connectivity index (χ2n) is 6.51. The number of amides is 1. The summed E-state index contributed by atoms with van der Waals surface area (Å²) in [6, 6.07) is 13.6. The third kappa shape index (κ3) is 3.48. The summed E-state index contributed by atoms with van der Waals surface area (Å²) < 4.78 is 6.63. The molecular formula is C21H19N3O2S. The van der Waals surface area contributed by atoms with Crippen molar-refractivity contribution >= 4 is 32.6 Å². The number of hydrogen-bond acceptors (Lipinski definition) is 5. The van der Waals surface area contributed by atoms with Crippen molar-refractivity contribution in [2.75, 3.05) is 4.90 Å². The van der Waals surface area contributed by atoms with Gasteiger partial charge in [-0.25, -0.2) is 4.98 Å². The van der Waals surface area contributed by atoms with Crippen molar-refractivity contribution in [2.24, 2.45) is 0 Å². The lowest BCUT2D eigenvalue weighted by Gasteiger charge is -2.19. The first kappa shape index (κ1) is 17.4. The Labute approximate surface area is 161 Å². The lowest BCUT2D eigenvalue weighted by atomic mass is 10.2. The lowest BCUT2D eigenvalue weighted by Crippen LogP contribution is -2.30. The van der Waals surface area contributed by atoms with Crippen LogP contribution in [0.3, 0.4) is 0 Å². The van der Waals surface area contributed by atoms with Gasteiger partial charge in [-0.05, 0) is 56.7 Å². The van der Waals surface area contributed by atoms with E-state index in [-0.39, 0.29) is 5.91 Å². The molecule has 4 aromatic rings. The van der Waals surface area contributed by atoms with Crippen LogP contribution in [0.5, 0.6) is 0 Å². The van der Waals surface area contributed by atoms with Crippen LogP contribution in [0.2, 0.25) is 0 Å². The van der Waals surface area contributed by atoms with Gasteiger partial charge in [0, 0.05) is 6.20 Å². The molecule has 0 unspecified atom stereocenters. The van der Waals surface area contributed by atoms with Crippen molar-refractivity contribution in [3.8, 4) is 0 Å². The van der Waals surface area contributed by atoms with E-state index in [1.807, 2.05) is 44.2 Å². The Balaban J connectivity index is 1.79. The van der Waals surface area contributed by atoms with Gasteiger partial charge in [-0.2, -0.15) is 0 Å². The Morgan fingerprint density at radius 3 is 2.70 bits per heavy atom. The molecule has 6 heteroatoms. The number of fused-ring (bicyclic) bond motifs is 1. The lowest BCUT2D eigenvalue weighted by molar-refractivity contribution is 0.0983. The number of anilines is 1. The SMILES string of the molecule is Cc1ccc2nc(N(Cc3ccccn3)C(=O)c3cc(C)oc3C)sc2c1. The Hall–Kier alpha value is -2.99. The smallest absolute Gasteiger partial charge is 0.263 e. The highest BCUT2D eigenvalue weighted by atomic mass is 32.1. The van der Waals surface area contributed by atoms with Crippen molar-refractivity contribution in [3.63, 3.8) is 0 Å². The third-order valence-corrected chi connectivity index (χ3v) is 5.37. The molecule has 0 aliphatic carbocycles. The summed E-state index contributed by atoms with van der Waals surface area (Å²) in [5.41, 5.74) is 3.42. The van der Waals surface area contributed by atoms with Crippen LogP contribution in [0.1, 0.15) is 33.1 Å². The molecule has 0 saturated heterocycles. The Morgan fingerprint density at radius 1 is 1.15 bits per heavy atom. The molecule has 27 heavy (non-hydrogen) atoms. The van der Waals surface area contributed by atoms with Gasteiger partial charge in [-0.1, -0.05) is 23.5 Å². The number of benzene rings is 1. The maximum atomic E-state index is 13.3. The van der Waals surface area contributed by atoms with E-state index >= 15 is 0 Å². The van der Waals surface area contributed by atoms with Gasteiger partial charge in [-0.15, -0.1) is 0 Å². The van der Waals surface area contributed by atoms with E-state index in [1.165, 1.54) is 16.9 Å². The summed E-state index contributed by atoms with van der Waals surface area (Å²) >= 11 is 1.51. The highest BCUT2D eigenvalue weighted by Gasteiger charge is 2.25. The van der Waals surface area contributed by atoms with Crippen LogP contribution in [-0.4, -0.2) is 15.9 Å². The summed E-state index contributed by atoms with van der Waals surface area (Å²) in [6.07, 6.45) is 1.73. The fourth-order valence-corrected chi connectivity index (χ4v) is 4.07. The van der Waals surface area contributed by atoms with E-state index in [1.54, 1.807) is 24.1 Å². The van der Waals surface area contributed by atoms with Gasteiger partial charge in [0.2, 0.25) is 0 Å². The van der Waals surface area contributed by atoms with Crippen LogP contribution >= 0.6 is 11.3 Å². The van der Waals surface area contributed by atoms with E-state index in [0.717, 1.165) is 15.9 Å². The molecule has 0 spiro atoms. The van der Waals surface area contributed by atoms with Crippen LogP contribution < -0.4 is 4.90 Å². The number of carbonyl (C=O) groups excluding carboxylic acids is 1. The number of hydrogen-bond donors (Lipinski definition) is 0. The maximum Gasteiger partial charge on any atom is 0.263 e. The molecule has 0 N–H and O–H groups in total. The minimum atomic E-state index is -0.134. The van der Waals surface area contributed by atoms with E-state index in [4.69, 9.17) is 9.40 Å². The predicted octanol–water partition coefficient (Wildman–Crippen LogP) is 5.06. The number of thiazole rings is 1. The summed E-state index contributed by atoms with van der Waals surface area (Å²) in [4.78, 5) is 24.1. The quantitative estimate of drug-likeness (QED) is 0.499. The summed E-state index contributed by atoms with van der Waals surface area (Å²) in [5, 5.41) is 0.657. The Bertz CT molecular complexity index is 1120. The average Bonchev–Trinajstić information content (AvgIpc) is 3.22. The highest BCUT2D eigenvalue weighted by Crippen LogP contribution is 2.32. The van der Waals surface area contributed by atoms with Crippen molar-refractivity contribution < 1.29 is 9.21 Å². The predicted molar refractivity (Wildman–Crippen MR) is 107 cm³/mol. The van der Waals surface area contributed by atoms with Crippen LogP contribution in [0.4, 0.5) is 5.13 Å². The summed E-state index contributed by atoms with van der Waals surface area (Å²) in [7, 11) is 0. The molecule has 0 aliphatic rings. The van der Waals surface area contributed by atoms with E-state index < -0.39 is 0 Å². The van der Waals surface area contributed by atoms with Gasteiger partial charge in [0.1, 0.15) is 11.5 Å². The number of furan rings is 1. The van der Waals surface area contributed by atoms with Crippen LogP contribution in [0.15, 0.2) is 53.1 Å². The van der Waals surface area contributed by atoms with Crippen molar-refractivity contribution in [1.82, 2.24) is 9.97 Å². The molecule has 1 amide bonds. The molecule has 0 aliphatic heterocycles. The topological polar surface area (TPSA) is 59.2 Å². The second kappa shape index (κ2) is 6.96. The van der Waals surface area contributed by atoms with Crippen molar-refractivity contribution in [3.05, 3.63) is 77.0 Å². The molecule has 4 rings (SSSR count). The van der Waals surface area contributed by atoms with Gasteiger partial charge in [-0.3, -0.25) is 14.7 Å². The molecule has 0 fully saturated rings. The third-order valence-electron chi connectivity index (χ3n) is 4.33. The largest absolute Gasteiger partial charge is 0.466 e. The molecule has 136 valence electrons. The number of pyridine rings is 1. The maximum absolute atomic E-state index is 13.3. The number of rotatable bonds is 4. The van der Waals surface area contributed by atoms with Crippen molar-refractivity contribution in [2.45, 2.75) is 27.3 Å². The van der Waals surface area contributed by atoms with Crippen LogP contribution in [-0.2, 0) is 6.54 Å². The molecule has 5 nitrogen and oxygen atoms in total. The average molecular weight is 377 g/mol. The number of carbonyl (C=O) groups is 1. The normalized spacial score (nSPS) is 11.1. The van der Waals surface area contributed by atoms with Gasteiger partial charge in [0.15, 0.2) is 5.13 Å². The number of aromatic nitrogens is 2. The molecule has 3 aromatic heterocycles. The summed E-state index contributed by atoms with van der Waals surface area (Å²) in [5.74, 6) is 1.19. The molecule has 0 saturated carbocycles. The van der Waals surface area contributed by atoms with Crippen LogP contribution in [0, 0.1) is 20.8 Å². The molecular weight excluding hydrogens is 358 g/mol. The first-order valence-corrected chi connectivity index (χ1v) is 9.49. The van der Waals surface area contributed by atoms with Gasteiger partial charge < -0.3 is 4.42 Å².